The van der Waals surface area contributed by atoms with Gasteiger partial charge < -0.3 is 10.1 Å². The van der Waals surface area contributed by atoms with Gasteiger partial charge in [-0.2, -0.15) is 5.10 Å². The van der Waals surface area contributed by atoms with Gasteiger partial charge in [-0.05, 0) is 83.4 Å². The van der Waals surface area contributed by atoms with Crippen LogP contribution in [0.25, 0.3) is 11.3 Å². The fourth-order valence-electron chi connectivity index (χ4n) is 3.92. The Bertz CT molecular complexity index is 1650. The van der Waals surface area contributed by atoms with Gasteiger partial charge in [0.25, 0.3) is 5.91 Å². The van der Waals surface area contributed by atoms with Crippen molar-refractivity contribution < 1.29 is 9.53 Å². The summed E-state index contributed by atoms with van der Waals surface area (Å²) in [6.45, 7) is 4.60. The summed E-state index contributed by atoms with van der Waals surface area (Å²) in [6, 6.07) is 29.4. The highest BCUT2D eigenvalue weighted by molar-refractivity contribution is 9.10. The quantitative estimate of drug-likeness (QED) is 0.130. The van der Waals surface area contributed by atoms with E-state index in [2.05, 4.69) is 74.9 Å². The lowest BCUT2D eigenvalue weighted by Crippen LogP contribution is -2.17. The molecule has 2 N–H and O–H groups in total. The number of benzene rings is 4. The van der Waals surface area contributed by atoms with Crippen molar-refractivity contribution in [2.24, 2.45) is 5.10 Å². The molecular formula is C32H27BrN4O2S. The summed E-state index contributed by atoms with van der Waals surface area (Å²) in [6.07, 6.45) is 1.60. The largest absolute Gasteiger partial charge is 0.488 e. The van der Waals surface area contributed by atoms with Crippen molar-refractivity contribution in [1.82, 2.24) is 10.4 Å². The van der Waals surface area contributed by atoms with Gasteiger partial charge in [-0.3, -0.25) is 4.79 Å². The highest BCUT2D eigenvalue weighted by Gasteiger charge is 2.09. The molecule has 0 saturated carbocycles. The minimum absolute atomic E-state index is 0.292. The van der Waals surface area contributed by atoms with Gasteiger partial charge in [0.05, 0.1) is 16.4 Å². The number of carbonyl (C=O) groups is 1. The van der Waals surface area contributed by atoms with Crippen molar-refractivity contribution in [1.29, 1.82) is 0 Å². The highest BCUT2D eigenvalue weighted by atomic mass is 79.9. The van der Waals surface area contributed by atoms with Gasteiger partial charge in [0.15, 0.2) is 5.13 Å². The third-order valence-electron chi connectivity index (χ3n) is 6.06. The van der Waals surface area contributed by atoms with E-state index < -0.39 is 0 Å². The standard InChI is InChI=1S/C32H27BrN4O2S/c1-21-6-13-27(14-7-21)35-32-36-29(20-40-32)25-9-11-26(12-10-25)31(38)37-34-18-23-8-15-30(28(33)17-23)39-19-24-5-3-4-22(2)16-24/h3-18,20H,19H2,1-2H3,(H,35,36)(H,37,38)/b34-18-. The Kier molecular flexibility index (Phi) is 8.68. The third-order valence-corrected chi connectivity index (χ3v) is 7.44. The molecule has 0 aliphatic heterocycles. The van der Waals surface area contributed by atoms with Gasteiger partial charge >= 0.3 is 0 Å². The van der Waals surface area contributed by atoms with Crippen LogP contribution in [0.3, 0.4) is 0 Å². The minimum atomic E-state index is -0.292. The van der Waals surface area contributed by atoms with Crippen molar-refractivity contribution in [2.75, 3.05) is 5.32 Å². The van der Waals surface area contributed by atoms with E-state index in [1.165, 1.54) is 22.5 Å². The number of aromatic nitrogens is 1. The molecule has 200 valence electrons. The second-order valence-corrected chi connectivity index (χ2v) is 11.0. The minimum Gasteiger partial charge on any atom is -0.488 e. The van der Waals surface area contributed by atoms with Crippen LogP contribution in [0.15, 0.2) is 106 Å². The number of ether oxygens (including phenoxy) is 1. The smallest absolute Gasteiger partial charge is 0.271 e. The third kappa shape index (κ3) is 7.22. The normalized spacial score (nSPS) is 11.0. The monoisotopic (exact) mass is 610 g/mol. The van der Waals surface area contributed by atoms with Crippen LogP contribution in [0.1, 0.15) is 32.6 Å². The van der Waals surface area contributed by atoms with Crippen LogP contribution in [-0.2, 0) is 6.61 Å². The van der Waals surface area contributed by atoms with Gasteiger partial charge in [-0.15, -0.1) is 11.3 Å². The van der Waals surface area contributed by atoms with Crippen LogP contribution in [0.4, 0.5) is 10.8 Å². The number of hydrazone groups is 1. The molecular weight excluding hydrogens is 584 g/mol. The van der Waals surface area contributed by atoms with E-state index in [1.807, 2.05) is 60.0 Å². The number of thiazole rings is 1. The van der Waals surface area contributed by atoms with E-state index in [4.69, 9.17) is 4.74 Å². The van der Waals surface area contributed by atoms with Crippen LogP contribution in [0, 0.1) is 13.8 Å². The van der Waals surface area contributed by atoms with Gasteiger partial charge in [-0.25, -0.2) is 10.4 Å². The highest BCUT2D eigenvalue weighted by Crippen LogP contribution is 2.28. The number of anilines is 2. The molecule has 1 aromatic heterocycles. The lowest BCUT2D eigenvalue weighted by atomic mass is 10.1. The molecule has 0 fully saturated rings. The van der Waals surface area contributed by atoms with E-state index in [0.29, 0.717) is 12.2 Å². The summed E-state index contributed by atoms with van der Waals surface area (Å²) in [5.74, 6) is 0.445. The molecule has 40 heavy (non-hydrogen) atoms. The summed E-state index contributed by atoms with van der Waals surface area (Å²) in [7, 11) is 0. The number of nitrogens with one attached hydrogen (secondary N) is 2. The van der Waals surface area contributed by atoms with Crippen molar-refractivity contribution in [2.45, 2.75) is 20.5 Å². The van der Waals surface area contributed by atoms with Crippen LogP contribution < -0.4 is 15.5 Å². The molecule has 0 aliphatic rings. The number of amides is 1. The Labute approximate surface area is 245 Å². The maximum atomic E-state index is 12.6. The zero-order valence-electron chi connectivity index (χ0n) is 22.0. The summed E-state index contributed by atoms with van der Waals surface area (Å²) >= 11 is 5.09. The number of halogens is 1. The molecule has 0 atom stereocenters. The molecule has 0 unspecified atom stereocenters. The van der Waals surface area contributed by atoms with Crippen LogP contribution in [0.2, 0.25) is 0 Å². The summed E-state index contributed by atoms with van der Waals surface area (Å²) < 4.78 is 6.75. The Hall–Kier alpha value is -4.27. The first-order valence-corrected chi connectivity index (χ1v) is 14.3. The van der Waals surface area contributed by atoms with Gasteiger partial charge in [0.2, 0.25) is 0 Å². The molecule has 1 amide bonds. The zero-order chi connectivity index (χ0) is 27.9. The molecule has 0 aliphatic carbocycles. The van der Waals surface area contributed by atoms with Crippen molar-refractivity contribution in [3.63, 3.8) is 0 Å². The van der Waals surface area contributed by atoms with E-state index >= 15 is 0 Å². The maximum absolute atomic E-state index is 12.6. The topological polar surface area (TPSA) is 75.6 Å². The first-order valence-electron chi connectivity index (χ1n) is 12.6. The molecule has 8 heteroatoms. The number of hydrogen-bond acceptors (Lipinski definition) is 6. The SMILES string of the molecule is Cc1ccc(Nc2nc(-c3ccc(C(=O)N/N=C\c4ccc(OCc5cccc(C)c5)c(Br)c4)cc3)cs2)cc1. The Morgan fingerprint density at radius 2 is 1.77 bits per heavy atom. The van der Waals surface area contributed by atoms with Crippen molar-refractivity contribution in [3.05, 3.63) is 129 Å². The molecule has 0 saturated heterocycles. The molecule has 5 rings (SSSR count). The summed E-state index contributed by atoms with van der Waals surface area (Å²) in [4.78, 5) is 17.3. The van der Waals surface area contributed by atoms with E-state index in [-0.39, 0.29) is 5.91 Å². The first kappa shape index (κ1) is 27.3. The average Bonchev–Trinajstić information content (AvgIpc) is 3.42. The molecule has 6 nitrogen and oxygen atoms in total. The number of rotatable bonds is 9. The van der Waals surface area contributed by atoms with Crippen molar-refractivity contribution >= 4 is 50.2 Å². The predicted molar refractivity (Wildman–Crippen MR) is 167 cm³/mol. The van der Waals surface area contributed by atoms with Crippen molar-refractivity contribution in [3.8, 4) is 17.0 Å². The molecule has 0 bridgehead atoms. The first-order chi connectivity index (χ1) is 19.4. The summed E-state index contributed by atoms with van der Waals surface area (Å²) in [5, 5.41) is 10.2. The fraction of sp³-hybridized carbons (Fsp3) is 0.0938. The van der Waals surface area contributed by atoms with Gasteiger partial charge in [0, 0.05) is 22.2 Å². The van der Waals surface area contributed by atoms with Gasteiger partial charge in [-0.1, -0.05) is 59.7 Å². The second kappa shape index (κ2) is 12.7. The number of hydrogen-bond donors (Lipinski definition) is 2. The fourth-order valence-corrected chi connectivity index (χ4v) is 5.17. The predicted octanol–water partition coefficient (Wildman–Crippen LogP) is 8.28. The number of nitrogens with zero attached hydrogens (tertiary/aromatic N) is 2. The van der Waals surface area contributed by atoms with Crippen LogP contribution >= 0.6 is 27.3 Å². The lowest BCUT2D eigenvalue weighted by Gasteiger charge is -2.09. The Morgan fingerprint density at radius 1 is 0.975 bits per heavy atom. The average molecular weight is 612 g/mol. The molecule has 4 aromatic carbocycles. The second-order valence-electron chi connectivity index (χ2n) is 9.27. The van der Waals surface area contributed by atoms with Gasteiger partial charge in [0.1, 0.15) is 12.4 Å². The van der Waals surface area contributed by atoms with Crippen LogP contribution in [0.5, 0.6) is 5.75 Å². The van der Waals surface area contributed by atoms with E-state index in [1.54, 1.807) is 18.3 Å². The molecule has 1 heterocycles. The number of aryl methyl sites for hydroxylation is 2. The van der Waals surface area contributed by atoms with Crippen LogP contribution in [-0.4, -0.2) is 17.1 Å². The Balaban J connectivity index is 1.14. The number of carbonyl (C=O) groups excluding carboxylic acids is 1. The maximum Gasteiger partial charge on any atom is 0.271 e. The molecule has 0 radical (unpaired) electrons. The summed E-state index contributed by atoms with van der Waals surface area (Å²) in [5.41, 5.74) is 10.2. The Morgan fingerprint density at radius 3 is 2.52 bits per heavy atom. The lowest BCUT2D eigenvalue weighted by molar-refractivity contribution is 0.0955. The van der Waals surface area contributed by atoms with E-state index in [0.717, 1.165) is 43.4 Å². The molecule has 0 spiro atoms. The van der Waals surface area contributed by atoms with E-state index in [9.17, 15) is 4.79 Å². The molecule has 5 aromatic rings. The zero-order valence-corrected chi connectivity index (χ0v) is 24.4.